The summed E-state index contributed by atoms with van der Waals surface area (Å²) in [6.07, 6.45) is 0.369. The summed E-state index contributed by atoms with van der Waals surface area (Å²) in [5, 5.41) is 10.5. The van der Waals surface area contributed by atoms with Gasteiger partial charge in [-0.2, -0.15) is 0 Å². The summed E-state index contributed by atoms with van der Waals surface area (Å²) in [5.41, 5.74) is 1.65. The van der Waals surface area contributed by atoms with E-state index >= 15 is 0 Å². The van der Waals surface area contributed by atoms with Crippen molar-refractivity contribution < 1.29 is 14.3 Å². The van der Waals surface area contributed by atoms with Crippen LogP contribution in [0.3, 0.4) is 0 Å². The lowest BCUT2D eigenvalue weighted by atomic mass is 10.0. The molecule has 4 nitrogen and oxygen atoms in total. The van der Waals surface area contributed by atoms with Crippen molar-refractivity contribution in [1.29, 1.82) is 0 Å². The van der Waals surface area contributed by atoms with Gasteiger partial charge in [0.1, 0.15) is 34.3 Å². The minimum Gasteiger partial charge on any atom is -0.507 e. The fraction of sp³-hybridized carbons (Fsp3) is 0.267. The van der Waals surface area contributed by atoms with Gasteiger partial charge >= 0.3 is 0 Å². The predicted octanol–water partition coefficient (Wildman–Crippen LogP) is 2.69. The molecule has 1 aliphatic rings. The Morgan fingerprint density at radius 1 is 1.47 bits per heavy atom. The molecule has 1 atom stereocenters. The van der Waals surface area contributed by atoms with Crippen LogP contribution in [0.4, 0.5) is 0 Å². The zero-order valence-corrected chi connectivity index (χ0v) is 10.8. The molecule has 0 amide bonds. The van der Waals surface area contributed by atoms with E-state index in [-0.39, 0.29) is 22.7 Å². The van der Waals surface area contributed by atoms with Gasteiger partial charge in [-0.1, -0.05) is 6.58 Å². The van der Waals surface area contributed by atoms with E-state index in [1.807, 2.05) is 6.92 Å². The molecule has 0 bridgehead atoms. The number of hydrogen-bond acceptors (Lipinski definition) is 4. The van der Waals surface area contributed by atoms with Gasteiger partial charge in [0.15, 0.2) is 5.43 Å². The van der Waals surface area contributed by atoms with E-state index in [9.17, 15) is 9.90 Å². The largest absolute Gasteiger partial charge is 0.507 e. The molecule has 1 unspecified atom stereocenters. The second kappa shape index (κ2) is 3.88. The average Bonchev–Trinajstić information content (AvgIpc) is 2.72. The molecule has 2 heterocycles. The molecule has 0 radical (unpaired) electrons. The molecular weight excluding hydrogens is 244 g/mol. The van der Waals surface area contributed by atoms with Crippen LogP contribution < -0.4 is 10.2 Å². The number of aryl methyl sites for hydroxylation is 1. The Kier molecular flexibility index (Phi) is 2.42. The molecule has 1 N–H and O–H groups in total. The molecule has 0 aliphatic carbocycles. The van der Waals surface area contributed by atoms with E-state index in [1.165, 1.54) is 6.07 Å². The summed E-state index contributed by atoms with van der Waals surface area (Å²) in [7, 11) is 0. The Labute approximate surface area is 109 Å². The van der Waals surface area contributed by atoms with Gasteiger partial charge in [-0.3, -0.25) is 4.79 Å². The highest BCUT2D eigenvalue weighted by Crippen LogP contribution is 2.41. The standard InChI is InChI=1S/C15H14O4/c1-7(2)11-5-9-12(19-11)6-13-14(15(9)17)10(16)4-8(3)18-13/h4,6,11,17H,1,5H2,2-3H3. The Bertz CT molecular complexity index is 755. The maximum absolute atomic E-state index is 12.0. The molecule has 0 saturated heterocycles. The van der Waals surface area contributed by atoms with Crippen molar-refractivity contribution in [2.24, 2.45) is 0 Å². The third-order valence-corrected chi connectivity index (χ3v) is 3.39. The molecule has 4 heteroatoms. The zero-order chi connectivity index (χ0) is 13.7. The van der Waals surface area contributed by atoms with Crippen LogP contribution in [-0.4, -0.2) is 11.2 Å². The van der Waals surface area contributed by atoms with Crippen LogP contribution in [-0.2, 0) is 6.42 Å². The van der Waals surface area contributed by atoms with Gasteiger partial charge in [-0.15, -0.1) is 0 Å². The minimum atomic E-state index is -0.238. The molecular formula is C15H14O4. The average molecular weight is 258 g/mol. The Morgan fingerprint density at radius 2 is 2.21 bits per heavy atom. The van der Waals surface area contributed by atoms with Crippen molar-refractivity contribution in [3.05, 3.63) is 45.8 Å². The number of aromatic hydroxyl groups is 1. The van der Waals surface area contributed by atoms with Crippen LogP contribution in [0.2, 0.25) is 0 Å². The van der Waals surface area contributed by atoms with E-state index in [2.05, 4.69) is 6.58 Å². The Morgan fingerprint density at radius 3 is 2.89 bits per heavy atom. The number of phenolic OH excluding ortho intramolecular Hbond substituents is 1. The van der Waals surface area contributed by atoms with Gasteiger partial charge in [-0.25, -0.2) is 0 Å². The molecule has 3 rings (SSSR count). The molecule has 19 heavy (non-hydrogen) atoms. The number of phenols is 1. The van der Waals surface area contributed by atoms with Crippen molar-refractivity contribution in [2.75, 3.05) is 0 Å². The SMILES string of the molecule is C=C(C)C1Cc2c(cc3oc(C)cc(=O)c3c2O)O1. The normalized spacial score (nSPS) is 17.3. The third kappa shape index (κ3) is 1.71. The summed E-state index contributed by atoms with van der Waals surface area (Å²) < 4.78 is 11.2. The molecule has 98 valence electrons. The number of benzene rings is 1. The van der Waals surface area contributed by atoms with Crippen LogP contribution >= 0.6 is 0 Å². The van der Waals surface area contributed by atoms with E-state index < -0.39 is 0 Å². The molecule has 0 spiro atoms. The monoisotopic (exact) mass is 258 g/mol. The lowest BCUT2D eigenvalue weighted by molar-refractivity contribution is 0.271. The second-order valence-electron chi connectivity index (χ2n) is 4.95. The van der Waals surface area contributed by atoms with Crippen LogP contribution in [0.25, 0.3) is 11.0 Å². The maximum Gasteiger partial charge on any atom is 0.196 e. The maximum atomic E-state index is 12.0. The third-order valence-electron chi connectivity index (χ3n) is 3.39. The number of rotatable bonds is 1. The first-order valence-corrected chi connectivity index (χ1v) is 6.08. The number of fused-ring (bicyclic) bond motifs is 2. The van der Waals surface area contributed by atoms with E-state index in [4.69, 9.17) is 9.15 Å². The lowest BCUT2D eigenvalue weighted by Crippen LogP contribution is -2.13. The molecule has 2 aromatic rings. The van der Waals surface area contributed by atoms with E-state index in [0.29, 0.717) is 29.1 Å². The minimum absolute atomic E-state index is 0.0370. The van der Waals surface area contributed by atoms with Gasteiger partial charge in [0.2, 0.25) is 0 Å². The van der Waals surface area contributed by atoms with Crippen LogP contribution in [0.15, 0.2) is 33.5 Å². The summed E-state index contributed by atoms with van der Waals surface area (Å²) in [5.74, 6) is 1.03. The van der Waals surface area contributed by atoms with E-state index in [0.717, 1.165) is 5.57 Å². The Balaban J connectivity index is 2.29. The van der Waals surface area contributed by atoms with Crippen molar-refractivity contribution in [3.8, 4) is 11.5 Å². The summed E-state index contributed by atoms with van der Waals surface area (Å²) in [4.78, 5) is 12.0. The molecule has 1 aromatic carbocycles. The van der Waals surface area contributed by atoms with Gasteiger partial charge in [-0.05, 0) is 19.4 Å². The highest BCUT2D eigenvalue weighted by Gasteiger charge is 2.28. The van der Waals surface area contributed by atoms with Crippen LogP contribution in [0.1, 0.15) is 18.2 Å². The molecule has 0 fully saturated rings. The Hall–Kier alpha value is -2.23. The zero-order valence-electron chi connectivity index (χ0n) is 10.8. The van der Waals surface area contributed by atoms with Crippen molar-refractivity contribution in [1.82, 2.24) is 0 Å². The highest BCUT2D eigenvalue weighted by molar-refractivity contribution is 5.87. The van der Waals surface area contributed by atoms with Gasteiger partial charge in [0.25, 0.3) is 0 Å². The highest BCUT2D eigenvalue weighted by atomic mass is 16.5. The predicted molar refractivity (Wildman–Crippen MR) is 71.8 cm³/mol. The van der Waals surface area contributed by atoms with Gasteiger partial charge in [0, 0.05) is 24.1 Å². The van der Waals surface area contributed by atoms with Gasteiger partial charge in [0.05, 0.1) is 0 Å². The van der Waals surface area contributed by atoms with Crippen LogP contribution in [0.5, 0.6) is 11.5 Å². The topological polar surface area (TPSA) is 59.7 Å². The second-order valence-corrected chi connectivity index (χ2v) is 4.95. The first-order valence-electron chi connectivity index (χ1n) is 6.08. The van der Waals surface area contributed by atoms with Crippen LogP contribution in [0, 0.1) is 6.92 Å². The van der Waals surface area contributed by atoms with E-state index in [1.54, 1.807) is 13.0 Å². The smallest absolute Gasteiger partial charge is 0.196 e. The molecule has 1 aromatic heterocycles. The quantitative estimate of drug-likeness (QED) is 0.799. The van der Waals surface area contributed by atoms with Crippen molar-refractivity contribution in [3.63, 3.8) is 0 Å². The number of ether oxygens (including phenoxy) is 1. The fourth-order valence-corrected chi connectivity index (χ4v) is 2.40. The summed E-state index contributed by atoms with van der Waals surface area (Å²) in [6.45, 7) is 7.43. The first kappa shape index (κ1) is 11.8. The fourth-order valence-electron chi connectivity index (χ4n) is 2.40. The first-order chi connectivity index (χ1) is 8.97. The van der Waals surface area contributed by atoms with Gasteiger partial charge < -0.3 is 14.3 Å². The number of hydrogen-bond donors (Lipinski definition) is 1. The summed E-state index contributed by atoms with van der Waals surface area (Å²) >= 11 is 0. The lowest BCUT2D eigenvalue weighted by Gasteiger charge is -2.09. The van der Waals surface area contributed by atoms with Crippen molar-refractivity contribution >= 4 is 11.0 Å². The molecule has 0 saturated carbocycles. The molecule has 1 aliphatic heterocycles. The van der Waals surface area contributed by atoms with Crippen molar-refractivity contribution in [2.45, 2.75) is 26.4 Å². The summed E-state index contributed by atoms with van der Waals surface area (Å²) in [6, 6.07) is 3.04.